The molecule has 0 aromatic heterocycles. The fourth-order valence-corrected chi connectivity index (χ4v) is 9.45. The van der Waals surface area contributed by atoms with Crippen molar-refractivity contribution in [2.24, 2.45) is 40.2 Å². The number of nitrogens with one attached hydrogen (secondary N) is 6. The summed E-state index contributed by atoms with van der Waals surface area (Å²) in [6, 6.07) is 8.68. The molecule has 24 heteroatoms. The summed E-state index contributed by atoms with van der Waals surface area (Å²) in [5.41, 5.74) is 26.1. The number of likely N-dealkylation sites (N-methyl/N-ethyl adjacent to an activating group) is 1. The molecule has 2 unspecified atom stereocenters. The van der Waals surface area contributed by atoms with Crippen LogP contribution in [0.3, 0.4) is 0 Å². The SMILES string of the molecule is CCCCc1ccc(-c2ccc(C(=O)N[C@H](CO)C(=O)N[C@H](N)C(=O)NCC(=O)N(C)[C@H](C(=O)N[C@@H](N)C(=O)N[C@@H](CC(N)=O)C(=O)N[C@@H](N)B3OC4C[C@@H]5C[C@@H](C5(C)C)[C@]4(C)O3)C(C)O)cc2)cc1. The standard InChI is InChI=1S/C46H68BN11O12/c1-7-8-9-24-10-12-25(13-11-24)26-14-16-27(17-15-26)38(63)54-30(22-59)40(65)55-36(49)42(67)52-21-34(62)58(6)35(23(2)60)41(66)56-37(50)43(68)53-29(20-33(48)61)39(64)57-44(51)47-69-32-19-28-18-31(45(28,3)4)46(32,5)70-47/h10-17,23,28-32,35-37,44,59-60H,7-9,18-22,49-51H2,1-6H3,(H2,48,61)(H,52,67)(H,53,68)(H,54,63)(H,55,65)(H,56,66)(H,57,64)/t23?,28-,29-,30+,31-,32?,35-,36-,37+,44+,46-/m0/s1. The molecule has 3 saturated carbocycles. The summed E-state index contributed by atoms with van der Waals surface area (Å²) < 4.78 is 12.4. The predicted molar refractivity (Wildman–Crippen MR) is 254 cm³/mol. The molecule has 8 amide bonds. The van der Waals surface area contributed by atoms with Crippen LogP contribution >= 0.6 is 0 Å². The van der Waals surface area contributed by atoms with Gasteiger partial charge in [-0.05, 0) is 85.6 Å². The highest BCUT2D eigenvalue weighted by Gasteiger charge is 2.68. The van der Waals surface area contributed by atoms with Crippen LogP contribution in [0.2, 0.25) is 0 Å². The van der Waals surface area contributed by atoms with Gasteiger partial charge in [0.1, 0.15) is 24.2 Å². The summed E-state index contributed by atoms with van der Waals surface area (Å²) in [4.78, 5) is 104. The number of hydrogen-bond acceptors (Lipinski definition) is 15. The van der Waals surface area contributed by atoms with Crippen LogP contribution in [0, 0.1) is 17.3 Å². The third-order valence-corrected chi connectivity index (χ3v) is 13.8. The monoisotopic (exact) mass is 978 g/mol. The Morgan fingerprint density at radius 3 is 1.96 bits per heavy atom. The summed E-state index contributed by atoms with van der Waals surface area (Å²) in [5, 5.41) is 34.0. The molecule has 2 aromatic carbocycles. The van der Waals surface area contributed by atoms with Gasteiger partial charge < -0.3 is 79.3 Å². The average molecular weight is 978 g/mol. The first-order valence-electron chi connectivity index (χ1n) is 23.3. The minimum absolute atomic E-state index is 0.0470. The number of benzene rings is 2. The van der Waals surface area contributed by atoms with Gasteiger partial charge in [0.25, 0.3) is 17.7 Å². The Bertz CT molecular complexity index is 2250. The van der Waals surface area contributed by atoms with E-state index >= 15 is 0 Å². The van der Waals surface area contributed by atoms with Gasteiger partial charge in [0.05, 0.1) is 37.4 Å². The lowest BCUT2D eigenvalue weighted by atomic mass is 9.43. The number of unbranched alkanes of at least 4 members (excludes halogenated alkanes) is 1. The molecule has 3 aliphatic carbocycles. The number of primary amides is 1. The lowest BCUT2D eigenvalue weighted by Gasteiger charge is -2.64. The molecular formula is C46H68BN11O12. The highest BCUT2D eigenvalue weighted by Crippen LogP contribution is 2.65. The second-order valence-corrected chi connectivity index (χ2v) is 19.1. The van der Waals surface area contributed by atoms with Gasteiger partial charge in [-0.3, -0.25) is 38.4 Å². The largest absolute Gasteiger partial charge is 0.497 e. The van der Waals surface area contributed by atoms with Crippen molar-refractivity contribution >= 4 is 54.4 Å². The molecule has 16 N–H and O–H groups in total. The van der Waals surface area contributed by atoms with Gasteiger partial charge in [0.15, 0.2) is 12.3 Å². The van der Waals surface area contributed by atoms with Gasteiger partial charge in [-0.25, -0.2) is 0 Å². The molecule has 1 aliphatic heterocycles. The third-order valence-electron chi connectivity index (χ3n) is 13.8. The summed E-state index contributed by atoms with van der Waals surface area (Å²) >= 11 is 0. The van der Waals surface area contributed by atoms with Crippen LogP contribution in [0.4, 0.5) is 0 Å². The second-order valence-electron chi connectivity index (χ2n) is 19.1. The smallest absolute Gasteiger partial charge is 0.403 e. The molecule has 1 heterocycles. The minimum Gasteiger partial charge on any atom is -0.403 e. The van der Waals surface area contributed by atoms with Crippen molar-refractivity contribution < 1.29 is 57.9 Å². The van der Waals surface area contributed by atoms with Gasteiger partial charge in [-0.1, -0.05) is 63.6 Å². The zero-order valence-corrected chi connectivity index (χ0v) is 40.4. The summed E-state index contributed by atoms with van der Waals surface area (Å²) in [5.74, 6) is -7.24. The molecule has 1 saturated heterocycles. The molecule has 23 nitrogen and oxygen atoms in total. The Morgan fingerprint density at radius 1 is 0.800 bits per heavy atom. The fraction of sp³-hybridized carbons (Fsp3) is 0.565. The van der Waals surface area contributed by atoms with Crippen LogP contribution < -0.4 is 54.8 Å². The Labute approximate surface area is 406 Å². The van der Waals surface area contributed by atoms with Crippen LogP contribution in [-0.2, 0) is 49.3 Å². The molecule has 4 fully saturated rings. The van der Waals surface area contributed by atoms with E-state index in [-0.39, 0.29) is 23.0 Å². The van der Waals surface area contributed by atoms with E-state index in [0.717, 1.165) is 62.1 Å². The van der Waals surface area contributed by atoms with E-state index < -0.39 is 122 Å². The summed E-state index contributed by atoms with van der Waals surface area (Å²) in [6.45, 7) is 7.97. The quantitative estimate of drug-likeness (QED) is 0.0389. The van der Waals surface area contributed by atoms with Crippen molar-refractivity contribution in [1.82, 2.24) is 36.8 Å². The number of hydrogen-bond donors (Lipinski definition) is 12. The van der Waals surface area contributed by atoms with Gasteiger partial charge in [0, 0.05) is 12.6 Å². The molecular weight excluding hydrogens is 909 g/mol. The van der Waals surface area contributed by atoms with E-state index in [1.165, 1.54) is 5.56 Å². The number of rotatable bonds is 23. The van der Waals surface area contributed by atoms with Crippen molar-refractivity contribution in [2.75, 3.05) is 20.2 Å². The molecule has 0 spiro atoms. The van der Waals surface area contributed by atoms with Crippen molar-refractivity contribution in [1.29, 1.82) is 0 Å². The molecule has 11 atom stereocenters. The van der Waals surface area contributed by atoms with Crippen molar-refractivity contribution in [3.05, 3.63) is 59.7 Å². The normalized spacial score (nSPS) is 22.7. The van der Waals surface area contributed by atoms with Crippen molar-refractivity contribution in [3.8, 4) is 11.1 Å². The average Bonchev–Trinajstić information content (AvgIpc) is 3.68. The van der Waals surface area contributed by atoms with Crippen LogP contribution in [0.15, 0.2) is 48.5 Å². The fourth-order valence-electron chi connectivity index (χ4n) is 9.45. The number of aliphatic hydroxyl groups excluding tert-OH is 2. The number of nitrogens with two attached hydrogens (primary N) is 4. The third kappa shape index (κ3) is 12.8. The molecule has 2 bridgehead atoms. The minimum atomic E-state index is -1.90. The first-order valence-corrected chi connectivity index (χ1v) is 23.3. The van der Waals surface area contributed by atoms with Crippen LogP contribution in [0.1, 0.15) is 82.6 Å². The van der Waals surface area contributed by atoms with E-state index in [1.54, 1.807) is 24.3 Å². The Balaban J connectivity index is 1.07. The Morgan fingerprint density at radius 2 is 1.39 bits per heavy atom. The van der Waals surface area contributed by atoms with E-state index in [9.17, 15) is 48.6 Å². The molecule has 4 aliphatic rings. The number of aliphatic hydroxyl groups is 2. The van der Waals surface area contributed by atoms with Crippen molar-refractivity contribution in [2.45, 2.75) is 127 Å². The van der Waals surface area contributed by atoms with E-state index in [0.29, 0.717) is 5.92 Å². The Hall–Kier alpha value is -6.02. The number of amides is 8. The molecule has 70 heavy (non-hydrogen) atoms. The lowest BCUT2D eigenvalue weighted by Crippen LogP contribution is -2.65. The topological polar surface area (TPSA) is 375 Å². The highest BCUT2D eigenvalue weighted by molar-refractivity contribution is 6.47. The molecule has 6 rings (SSSR count). The number of carbonyl (C=O) groups is 8. The number of carbonyl (C=O) groups excluding carboxylic acids is 8. The van der Waals surface area contributed by atoms with Gasteiger partial charge >= 0.3 is 7.12 Å². The van der Waals surface area contributed by atoms with Crippen molar-refractivity contribution in [3.63, 3.8) is 0 Å². The second kappa shape index (κ2) is 23.3. The predicted octanol–water partition coefficient (Wildman–Crippen LogP) is -3.06. The first-order chi connectivity index (χ1) is 32.9. The first kappa shape index (κ1) is 54.9. The van der Waals surface area contributed by atoms with Crippen LogP contribution in [-0.4, -0.2) is 144 Å². The zero-order chi connectivity index (χ0) is 51.8. The molecule has 0 radical (unpaired) electrons. The van der Waals surface area contributed by atoms with Crippen LogP contribution in [0.5, 0.6) is 0 Å². The van der Waals surface area contributed by atoms with E-state index in [2.05, 4.69) is 64.8 Å². The number of nitrogens with zero attached hydrogens (tertiary/aromatic N) is 1. The number of aryl methyl sites for hydroxylation is 1. The Kier molecular flexibility index (Phi) is 18.3. The van der Waals surface area contributed by atoms with Gasteiger partial charge in [-0.15, -0.1) is 0 Å². The lowest BCUT2D eigenvalue weighted by molar-refractivity contribution is -0.199. The zero-order valence-electron chi connectivity index (χ0n) is 40.4. The summed E-state index contributed by atoms with van der Waals surface area (Å²) in [7, 11) is 0.0778. The van der Waals surface area contributed by atoms with Gasteiger partial charge in [0.2, 0.25) is 29.5 Å². The molecule has 2 aromatic rings. The van der Waals surface area contributed by atoms with Crippen LogP contribution in [0.25, 0.3) is 11.1 Å². The summed E-state index contributed by atoms with van der Waals surface area (Å²) in [6.07, 6.45) is -1.26. The van der Waals surface area contributed by atoms with Gasteiger partial charge in [-0.2, -0.15) is 0 Å². The maximum atomic E-state index is 13.3. The molecule has 382 valence electrons. The van der Waals surface area contributed by atoms with E-state index in [4.69, 9.17) is 32.2 Å². The van der Waals surface area contributed by atoms with E-state index in [1.807, 2.05) is 19.1 Å². The maximum absolute atomic E-state index is 13.3. The maximum Gasteiger partial charge on any atom is 0.497 e. The highest BCUT2D eigenvalue weighted by atomic mass is 16.7.